The van der Waals surface area contributed by atoms with E-state index in [-0.39, 0.29) is 0 Å². The molecule has 0 radical (unpaired) electrons. The maximum Gasteiger partial charge on any atom is 0.338 e. The van der Waals surface area contributed by atoms with Crippen molar-refractivity contribution in [1.29, 1.82) is 0 Å². The van der Waals surface area contributed by atoms with Crippen molar-refractivity contribution in [3.63, 3.8) is 0 Å². The number of piperidine rings is 1. The Labute approximate surface area is 115 Å². The van der Waals surface area contributed by atoms with Gasteiger partial charge < -0.3 is 9.84 Å². The van der Waals surface area contributed by atoms with Crippen LogP contribution in [0.2, 0.25) is 0 Å². The van der Waals surface area contributed by atoms with E-state index in [0.717, 1.165) is 13.1 Å². The van der Waals surface area contributed by atoms with E-state index in [0.29, 0.717) is 18.6 Å². The number of piperazine rings is 1. The van der Waals surface area contributed by atoms with E-state index in [9.17, 15) is 9.90 Å². The standard InChI is InChI=1S/C14H26N2O3/c1-11-8-15-7-5-4-6-12(15)9-16(11)10-14(2,18)13(17)19-3/h11-12,18H,4-10H2,1-3H3. The second-order valence-electron chi connectivity index (χ2n) is 6.19. The van der Waals surface area contributed by atoms with Crippen molar-refractivity contribution in [3.05, 3.63) is 0 Å². The molecular formula is C14H26N2O3. The highest BCUT2D eigenvalue weighted by atomic mass is 16.5. The van der Waals surface area contributed by atoms with Gasteiger partial charge in [0.15, 0.2) is 5.60 Å². The zero-order valence-electron chi connectivity index (χ0n) is 12.3. The molecular weight excluding hydrogens is 244 g/mol. The van der Waals surface area contributed by atoms with Gasteiger partial charge in [0.2, 0.25) is 0 Å². The van der Waals surface area contributed by atoms with Crippen LogP contribution in [0.15, 0.2) is 0 Å². The van der Waals surface area contributed by atoms with Crippen molar-refractivity contribution in [1.82, 2.24) is 9.80 Å². The summed E-state index contributed by atoms with van der Waals surface area (Å²) in [5.74, 6) is -0.550. The van der Waals surface area contributed by atoms with Crippen LogP contribution in [-0.2, 0) is 9.53 Å². The number of ether oxygens (including phenoxy) is 1. The summed E-state index contributed by atoms with van der Waals surface area (Å²) in [4.78, 5) is 16.4. The van der Waals surface area contributed by atoms with Gasteiger partial charge >= 0.3 is 5.97 Å². The van der Waals surface area contributed by atoms with E-state index < -0.39 is 11.6 Å². The van der Waals surface area contributed by atoms with Gasteiger partial charge in [-0.3, -0.25) is 9.80 Å². The van der Waals surface area contributed by atoms with Crippen molar-refractivity contribution in [2.75, 3.05) is 33.3 Å². The first-order chi connectivity index (χ1) is 8.94. The van der Waals surface area contributed by atoms with Gasteiger partial charge in [0, 0.05) is 31.7 Å². The lowest BCUT2D eigenvalue weighted by Crippen LogP contribution is -2.62. The molecule has 5 nitrogen and oxygen atoms in total. The van der Waals surface area contributed by atoms with Gasteiger partial charge in [0.1, 0.15) is 0 Å². The van der Waals surface area contributed by atoms with Crippen LogP contribution >= 0.6 is 0 Å². The predicted molar refractivity (Wildman–Crippen MR) is 72.9 cm³/mol. The number of aliphatic hydroxyl groups is 1. The molecule has 2 heterocycles. The average Bonchev–Trinajstić information content (AvgIpc) is 2.38. The smallest absolute Gasteiger partial charge is 0.338 e. The van der Waals surface area contributed by atoms with E-state index in [2.05, 4.69) is 21.5 Å². The van der Waals surface area contributed by atoms with Crippen molar-refractivity contribution >= 4 is 5.97 Å². The number of carbonyl (C=O) groups excluding carboxylic acids is 1. The van der Waals surface area contributed by atoms with Crippen molar-refractivity contribution in [2.45, 2.75) is 50.8 Å². The van der Waals surface area contributed by atoms with Crippen LogP contribution in [0.5, 0.6) is 0 Å². The van der Waals surface area contributed by atoms with Crippen molar-refractivity contribution in [2.24, 2.45) is 0 Å². The molecule has 0 saturated carbocycles. The molecule has 0 bridgehead atoms. The third-order valence-corrected chi connectivity index (χ3v) is 4.45. The van der Waals surface area contributed by atoms with E-state index in [1.807, 2.05) is 0 Å². The molecule has 2 fully saturated rings. The molecule has 2 saturated heterocycles. The fraction of sp³-hybridized carbons (Fsp3) is 0.929. The number of rotatable bonds is 3. The van der Waals surface area contributed by atoms with Crippen LogP contribution in [-0.4, -0.2) is 71.8 Å². The van der Waals surface area contributed by atoms with Crippen LogP contribution in [0.3, 0.4) is 0 Å². The van der Waals surface area contributed by atoms with E-state index >= 15 is 0 Å². The Morgan fingerprint density at radius 3 is 2.84 bits per heavy atom. The minimum Gasteiger partial charge on any atom is -0.467 e. The average molecular weight is 270 g/mol. The Kier molecular flexibility index (Phi) is 4.48. The van der Waals surface area contributed by atoms with Gasteiger partial charge in [0.05, 0.1) is 7.11 Å². The first-order valence-corrected chi connectivity index (χ1v) is 7.23. The number of fused-ring (bicyclic) bond motifs is 1. The van der Waals surface area contributed by atoms with E-state index in [4.69, 9.17) is 0 Å². The highest BCUT2D eigenvalue weighted by molar-refractivity contribution is 5.78. The monoisotopic (exact) mass is 270 g/mol. The lowest BCUT2D eigenvalue weighted by atomic mass is 9.95. The summed E-state index contributed by atoms with van der Waals surface area (Å²) < 4.78 is 4.67. The molecule has 3 atom stereocenters. The molecule has 3 unspecified atom stereocenters. The molecule has 0 amide bonds. The number of nitrogens with zero attached hydrogens (tertiary/aromatic N) is 2. The van der Waals surface area contributed by atoms with Crippen LogP contribution in [0.4, 0.5) is 0 Å². The number of β-amino-alcohol motifs (C(OH)–C–C–N with tert-alkyl or cyclic N) is 1. The summed E-state index contributed by atoms with van der Waals surface area (Å²) in [6.45, 7) is 7.22. The minimum absolute atomic E-state index is 0.352. The lowest BCUT2D eigenvalue weighted by molar-refractivity contribution is -0.164. The van der Waals surface area contributed by atoms with Crippen molar-refractivity contribution < 1.29 is 14.6 Å². The molecule has 2 aliphatic rings. The molecule has 110 valence electrons. The van der Waals surface area contributed by atoms with Crippen LogP contribution < -0.4 is 0 Å². The number of hydrogen-bond acceptors (Lipinski definition) is 5. The van der Waals surface area contributed by atoms with Gasteiger partial charge in [-0.1, -0.05) is 6.42 Å². The number of methoxy groups -OCH3 is 1. The summed E-state index contributed by atoms with van der Waals surface area (Å²) in [5.41, 5.74) is -1.42. The topological polar surface area (TPSA) is 53.0 Å². The lowest BCUT2D eigenvalue weighted by Gasteiger charge is -2.48. The van der Waals surface area contributed by atoms with Gasteiger partial charge in [0.25, 0.3) is 0 Å². The van der Waals surface area contributed by atoms with Crippen LogP contribution in [0.1, 0.15) is 33.1 Å². The SMILES string of the molecule is COC(=O)C(C)(O)CN1CC2CCCCN2CC1C. The maximum atomic E-state index is 11.6. The minimum atomic E-state index is -1.42. The fourth-order valence-electron chi connectivity index (χ4n) is 3.31. The predicted octanol–water partition coefficient (Wildman–Crippen LogP) is 0.469. The molecule has 2 aliphatic heterocycles. The van der Waals surface area contributed by atoms with E-state index in [1.165, 1.54) is 32.9 Å². The highest BCUT2D eigenvalue weighted by Gasteiger charge is 2.39. The summed E-state index contributed by atoms with van der Waals surface area (Å²) in [6, 6.07) is 0.948. The zero-order chi connectivity index (χ0) is 14.0. The van der Waals surface area contributed by atoms with Crippen molar-refractivity contribution in [3.8, 4) is 0 Å². The zero-order valence-corrected chi connectivity index (χ0v) is 12.3. The highest BCUT2D eigenvalue weighted by Crippen LogP contribution is 2.25. The van der Waals surface area contributed by atoms with Gasteiger partial charge in [-0.25, -0.2) is 4.79 Å². The largest absolute Gasteiger partial charge is 0.467 e. The number of carbonyl (C=O) groups is 1. The first kappa shape index (κ1) is 14.8. The summed E-state index contributed by atoms with van der Waals surface area (Å²) in [6.07, 6.45) is 3.81. The molecule has 5 heteroatoms. The Balaban J connectivity index is 1.98. The molecule has 0 aliphatic carbocycles. The number of hydrogen-bond donors (Lipinski definition) is 1. The third kappa shape index (κ3) is 3.27. The first-order valence-electron chi connectivity index (χ1n) is 7.23. The van der Waals surface area contributed by atoms with Gasteiger partial charge in [-0.2, -0.15) is 0 Å². The molecule has 2 rings (SSSR count). The third-order valence-electron chi connectivity index (χ3n) is 4.45. The van der Waals surface area contributed by atoms with Gasteiger partial charge in [-0.05, 0) is 33.2 Å². The Bertz CT molecular complexity index is 333. The molecule has 0 aromatic carbocycles. The van der Waals surface area contributed by atoms with Crippen LogP contribution in [0.25, 0.3) is 0 Å². The summed E-state index contributed by atoms with van der Waals surface area (Å²) >= 11 is 0. The quantitative estimate of drug-likeness (QED) is 0.756. The normalized spacial score (nSPS) is 32.4. The van der Waals surface area contributed by atoms with Gasteiger partial charge in [-0.15, -0.1) is 0 Å². The van der Waals surface area contributed by atoms with E-state index in [1.54, 1.807) is 6.92 Å². The second kappa shape index (κ2) is 5.77. The Morgan fingerprint density at radius 2 is 2.16 bits per heavy atom. The van der Waals surface area contributed by atoms with Crippen LogP contribution in [0, 0.1) is 0 Å². The maximum absolute atomic E-state index is 11.6. The fourth-order valence-corrected chi connectivity index (χ4v) is 3.31. The molecule has 19 heavy (non-hydrogen) atoms. The molecule has 0 aromatic heterocycles. The molecule has 0 spiro atoms. The Morgan fingerprint density at radius 1 is 1.42 bits per heavy atom. The summed E-state index contributed by atoms with van der Waals surface area (Å²) in [7, 11) is 1.32. The molecule has 0 aromatic rings. The Hall–Kier alpha value is -0.650. The molecule has 1 N–H and O–H groups in total. The second-order valence-corrected chi connectivity index (χ2v) is 6.19. The number of esters is 1. The summed E-state index contributed by atoms with van der Waals surface area (Å²) in [5, 5.41) is 10.2.